The molecule has 0 bridgehead atoms. The normalized spacial score (nSPS) is 32.0. The van der Waals surface area contributed by atoms with Crippen molar-refractivity contribution < 1.29 is 19.0 Å². The van der Waals surface area contributed by atoms with Crippen molar-refractivity contribution in [1.29, 1.82) is 0 Å². The summed E-state index contributed by atoms with van der Waals surface area (Å²) in [5.74, 6) is 0.205. The van der Waals surface area contributed by atoms with Gasteiger partial charge in [0.2, 0.25) is 5.91 Å². The number of hydrogen-bond acceptors (Lipinski definition) is 4. The molecule has 1 atom stereocenters. The lowest BCUT2D eigenvalue weighted by Crippen LogP contribution is -2.38. The third-order valence-electron chi connectivity index (χ3n) is 4.14. The molecule has 18 heavy (non-hydrogen) atoms. The molecule has 2 aliphatic heterocycles. The van der Waals surface area contributed by atoms with Gasteiger partial charge in [0, 0.05) is 31.7 Å². The van der Waals surface area contributed by atoms with Crippen LogP contribution >= 0.6 is 0 Å². The molecule has 2 saturated heterocycles. The molecule has 102 valence electrons. The van der Waals surface area contributed by atoms with Gasteiger partial charge in [-0.3, -0.25) is 4.79 Å². The summed E-state index contributed by atoms with van der Waals surface area (Å²) in [5, 5.41) is 2.84. The maximum atomic E-state index is 11.1. The number of nitrogens with one attached hydrogen (secondary N) is 1. The van der Waals surface area contributed by atoms with Gasteiger partial charge in [-0.15, -0.1) is 0 Å². The molecular weight excluding hydrogens is 234 g/mol. The van der Waals surface area contributed by atoms with Crippen LogP contribution in [0.4, 0.5) is 0 Å². The average molecular weight is 255 g/mol. The predicted molar refractivity (Wildman–Crippen MR) is 64.0 cm³/mol. The zero-order chi connectivity index (χ0) is 12.4. The maximum Gasteiger partial charge on any atom is 0.220 e. The molecule has 1 N–H and O–H groups in total. The summed E-state index contributed by atoms with van der Waals surface area (Å²) in [5.41, 5.74) is 0. The summed E-state index contributed by atoms with van der Waals surface area (Å²) in [6, 6.07) is 0. The molecule has 5 heteroatoms. The Morgan fingerprint density at radius 1 is 1.28 bits per heavy atom. The number of rotatable bonds is 3. The molecule has 0 aromatic rings. The highest BCUT2D eigenvalue weighted by molar-refractivity contribution is 5.78. The molecule has 2 heterocycles. The lowest BCUT2D eigenvalue weighted by atomic mass is 9.91. The predicted octanol–water partition coefficient (Wildman–Crippen LogP) is 0.825. The van der Waals surface area contributed by atoms with E-state index in [0.29, 0.717) is 25.0 Å². The van der Waals surface area contributed by atoms with Crippen LogP contribution in [-0.2, 0) is 19.0 Å². The lowest BCUT2D eigenvalue weighted by Gasteiger charge is -2.35. The highest BCUT2D eigenvalue weighted by atomic mass is 16.7. The van der Waals surface area contributed by atoms with E-state index in [-0.39, 0.29) is 11.7 Å². The minimum Gasteiger partial charge on any atom is -0.378 e. The first kappa shape index (κ1) is 12.4. The van der Waals surface area contributed by atoms with Crippen molar-refractivity contribution in [2.24, 2.45) is 5.92 Å². The van der Waals surface area contributed by atoms with Gasteiger partial charge in [0.1, 0.15) is 0 Å². The van der Waals surface area contributed by atoms with E-state index in [4.69, 9.17) is 14.2 Å². The molecule has 0 radical (unpaired) electrons. The van der Waals surface area contributed by atoms with Gasteiger partial charge in [-0.1, -0.05) is 0 Å². The second-order valence-electron chi connectivity index (χ2n) is 5.51. The highest BCUT2D eigenvalue weighted by Gasteiger charge is 2.40. The number of amides is 1. The minimum absolute atomic E-state index is 0.152. The van der Waals surface area contributed by atoms with Crippen molar-refractivity contribution >= 4 is 5.91 Å². The number of carbonyl (C=O) groups is 1. The fourth-order valence-corrected chi connectivity index (χ4v) is 3.04. The molecule has 1 aliphatic carbocycles. The molecule has 1 spiro atoms. The Kier molecular flexibility index (Phi) is 3.54. The van der Waals surface area contributed by atoms with E-state index in [1.807, 2.05) is 0 Å². The van der Waals surface area contributed by atoms with Crippen LogP contribution in [0.25, 0.3) is 0 Å². The third kappa shape index (κ3) is 2.68. The smallest absolute Gasteiger partial charge is 0.220 e. The number of ether oxygens (including phenoxy) is 3. The monoisotopic (exact) mass is 255 g/mol. The highest BCUT2D eigenvalue weighted by Crippen LogP contribution is 2.36. The van der Waals surface area contributed by atoms with Gasteiger partial charge in [-0.05, 0) is 12.8 Å². The molecule has 1 saturated carbocycles. The van der Waals surface area contributed by atoms with Crippen molar-refractivity contribution in [2.75, 3.05) is 26.4 Å². The van der Waals surface area contributed by atoms with Crippen molar-refractivity contribution in [1.82, 2.24) is 5.32 Å². The van der Waals surface area contributed by atoms with Crippen LogP contribution in [0.3, 0.4) is 0 Å². The Hall–Kier alpha value is -0.650. The van der Waals surface area contributed by atoms with E-state index in [1.54, 1.807) is 0 Å². The Bertz CT molecular complexity index is 304. The van der Waals surface area contributed by atoms with Gasteiger partial charge >= 0.3 is 0 Å². The van der Waals surface area contributed by atoms with Crippen molar-refractivity contribution in [3.63, 3.8) is 0 Å². The summed E-state index contributed by atoms with van der Waals surface area (Å²) in [7, 11) is 0. The second kappa shape index (κ2) is 5.15. The SMILES string of the molecule is O=C1CC(COC2CCC3(CC2)OCCO3)CN1. The van der Waals surface area contributed by atoms with Gasteiger partial charge in [0.25, 0.3) is 0 Å². The Labute approximate surface area is 107 Å². The summed E-state index contributed by atoms with van der Waals surface area (Å²) in [6.45, 7) is 2.91. The van der Waals surface area contributed by atoms with Gasteiger partial charge in [-0.2, -0.15) is 0 Å². The van der Waals surface area contributed by atoms with Gasteiger partial charge in [0.05, 0.1) is 25.9 Å². The molecule has 3 fully saturated rings. The van der Waals surface area contributed by atoms with Crippen LogP contribution < -0.4 is 5.32 Å². The molecule has 5 nitrogen and oxygen atoms in total. The van der Waals surface area contributed by atoms with E-state index in [9.17, 15) is 4.79 Å². The van der Waals surface area contributed by atoms with Crippen LogP contribution in [0.5, 0.6) is 0 Å². The van der Waals surface area contributed by atoms with Crippen LogP contribution in [0, 0.1) is 5.92 Å². The molecule has 3 aliphatic rings. The van der Waals surface area contributed by atoms with Gasteiger partial charge in [-0.25, -0.2) is 0 Å². The van der Waals surface area contributed by atoms with Gasteiger partial charge < -0.3 is 19.5 Å². The summed E-state index contributed by atoms with van der Waals surface area (Å²) >= 11 is 0. The van der Waals surface area contributed by atoms with E-state index in [2.05, 4.69) is 5.32 Å². The summed E-state index contributed by atoms with van der Waals surface area (Å²) in [4.78, 5) is 11.1. The van der Waals surface area contributed by atoms with Crippen molar-refractivity contribution in [3.8, 4) is 0 Å². The number of hydrogen-bond donors (Lipinski definition) is 1. The van der Waals surface area contributed by atoms with Crippen LogP contribution in [-0.4, -0.2) is 44.2 Å². The first-order valence-corrected chi connectivity index (χ1v) is 6.92. The molecule has 1 unspecified atom stereocenters. The van der Waals surface area contributed by atoms with Crippen LogP contribution in [0.1, 0.15) is 32.1 Å². The van der Waals surface area contributed by atoms with E-state index in [0.717, 1.165) is 45.4 Å². The quantitative estimate of drug-likeness (QED) is 0.811. The minimum atomic E-state index is -0.301. The zero-order valence-corrected chi connectivity index (χ0v) is 10.7. The fraction of sp³-hybridized carbons (Fsp3) is 0.923. The van der Waals surface area contributed by atoms with Crippen LogP contribution in [0.2, 0.25) is 0 Å². The van der Waals surface area contributed by atoms with Gasteiger partial charge in [0.15, 0.2) is 5.79 Å². The molecule has 0 aromatic heterocycles. The number of carbonyl (C=O) groups excluding carboxylic acids is 1. The largest absolute Gasteiger partial charge is 0.378 e. The molecule has 3 rings (SSSR count). The van der Waals surface area contributed by atoms with Crippen molar-refractivity contribution in [2.45, 2.75) is 44.0 Å². The van der Waals surface area contributed by atoms with E-state index in [1.165, 1.54) is 0 Å². The van der Waals surface area contributed by atoms with E-state index < -0.39 is 0 Å². The molecular formula is C13H21NO4. The standard InChI is InChI=1S/C13H21NO4/c15-12-7-10(8-14-12)9-16-11-1-3-13(4-2-11)17-5-6-18-13/h10-11H,1-9H2,(H,14,15). The molecule has 0 aromatic carbocycles. The summed E-state index contributed by atoms with van der Waals surface area (Å²) in [6.07, 6.45) is 4.77. The first-order valence-electron chi connectivity index (χ1n) is 6.92. The summed E-state index contributed by atoms with van der Waals surface area (Å²) < 4.78 is 17.3. The molecule has 1 amide bonds. The fourth-order valence-electron chi connectivity index (χ4n) is 3.04. The Morgan fingerprint density at radius 2 is 2.00 bits per heavy atom. The van der Waals surface area contributed by atoms with Crippen LogP contribution in [0.15, 0.2) is 0 Å². The zero-order valence-electron chi connectivity index (χ0n) is 10.7. The van der Waals surface area contributed by atoms with Crippen molar-refractivity contribution in [3.05, 3.63) is 0 Å². The second-order valence-corrected chi connectivity index (χ2v) is 5.51. The third-order valence-corrected chi connectivity index (χ3v) is 4.14. The Balaban J connectivity index is 1.39. The van der Waals surface area contributed by atoms with E-state index >= 15 is 0 Å². The first-order chi connectivity index (χ1) is 8.76. The maximum absolute atomic E-state index is 11.1. The Morgan fingerprint density at radius 3 is 2.61 bits per heavy atom. The lowest BCUT2D eigenvalue weighted by molar-refractivity contribution is -0.192. The average Bonchev–Trinajstić information content (AvgIpc) is 2.99. The topological polar surface area (TPSA) is 56.8 Å².